The van der Waals surface area contributed by atoms with Gasteiger partial charge in [0.25, 0.3) is 0 Å². The zero-order valence-corrected chi connectivity index (χ0v) is 15.6. The van der Waals surface area contributed by atoms with Crippen LogP contribution in [0.4, 0.5) is 5.69 Å². The summed E-state index contributed by atoms with van der Waals surface area (Å²) < 4.78 is 0. The number of nitrogens with zero attached hydrogens (tertiary/aromatic N) is 1. The smallest absolute Gasteiger partial charge is 0.244 e. The van der Waals surface area contributed by atoms with Crippen LogP contribution in [0.25, 0.3) is 6.08 Å². The summed E-state index contributed by atoms with van der Waals surface area (Å²) in [5.41, 5.74) is 1.82. The number of hydrogen-bond acceptors (Lipinski definition) is 3. The standard InChI is InChI=1S/C22H20N2O2S/c25-21-19-17(12-11-15-7-3-1-4-8-15)23-14-27-13-18(23)20(19)22(26)24(21)16-9-5-2-6-10-16/h1-12,17-20H,13-14H2/p+1/b12-11+/t17-,18-,19-,20-/m1/s1. The number of nitrogens with one attached hydrogen (secondary N) is 1. The normalized spacial score (nSPS) is 32.3. The van der Waals surface area contributed by atoms with E-state index in [1.807, 2.05) is 60.3 Å². The second kappa shape index (κ2) is 6.66. The van der Waals surface area contributed by atoms with Crippen LogP contribution in [0.2, 0.25) is 0 Å². The van der Waals surface area contributed by atoms with E-state index >= 15 is 0 Å². The van der Waals surface area contributed by atoms with Crippen LogP contribution in [-0.2, 0) is 9.59 Å². The second-order valence-electron chi connectivity index (χ2n) is 7.39. The summed E-state index contributed by atoms with van der Waals surface area (Å²) in [6, 6.07) is 19.8. The van der Waals surface area contributed by atoms with Crippen molar-refractivity contribution in [3.8, 4) is 0 Å². The van der Waals surface area contributed by atoms with Gasteiger partial charge in [-0.05, 0) is 23.8 Å². The van der Waals surface area contributed by atoms with E-state index in [1.54, 1.807) is 0 Å². The number of hydrogen-bond donors (Lipinski definition) is 1. The highest BCUT2D eigenvalue weighted by molar-refractivity contribution is 7.99. The monoisotopic (exact) mass is 377 g/mol. The van der Waals surface area contributed by atoms with Crippen LogP contribution < -0.4 is 9.80 Å². The van der Waals surface area contributed by atoms with E-state index < -0.39 is 0 Å². The minimum Gasteiger partial charge on any atom is -0.316 e. The SMILES string of the molecule is O=C1[C@H]2[C@H](C(=O)N1c1ccccc1)[C@H]1CSC[NH+]1[C@@H]2/C=C/c1ccccc1. The van der Waals surface area contributed by atoms with Gasteiger partial charge in [-0.25, -0.2) is 4.90 Å². The molecular formula is C22H21N2O2S+. The fourth-order valence-corrected chi connectivity index (χ4v) is 6.23. The molecule has 2 aromatic carbocycles. The number of carbonyl (C=O) groups is 2. The summed E-state index contributed by atoms with van der Waals surface area (Å²) in [6.07, 6.45) is 4.26. The van der Waals surface area contributed by atoms with Gasteiger partial charge < -0.3 is 4.90 Å². The Labute approximate surface area is 162 Å². The van der Waals surface area contributed by atoms with Crippen molar-refractivity contribution >= 4 is 35.3 Å². The highest BCUT2D eigenvalue weighted by Gasteiger charge is 2.65. The predicted octanol–water partition coefficient (Wildman–Crippen LogP) is 1.85. The number of quaternary nitrogens is 1. The third-order valence-corrected chi connectivity index (χ3v) is 7.13. The van der Waals surface area contributed by atoms with Crippen LogP contribution >= 0.6 is 11.8 Å². The summed E-state index contributed by atoms with van der Waals surface area (Å²) in [7, 11) is 0. The van der Waals surface area contributed by atoms with Gasteiger partial charge in [0.1, 0.15) is 29.8 Å². The average Bonchev–Trinajstić information content (AvgIpc) is 3.34. The van der Waals surface area contributed by atoms with E-state index in [0.717, 1.165) is 17.2 Å². The molecule has 27 heavy (non-hydrogen) atoms. The fourth-order valence-electron chi connectivity index (χ4n) is 4.79. The molecule has 0 aliphatic carbocycles. The number of benzene rings is 2. The lowest BCUT2D eigenvalue weighted by Gasteiger charge is -2.23. The van der Waals surface area contributed by atoms with Crippen LogP contribution in [0.15, 0.2) is 66.7 Å². The topological polar surface area (TPSA) is 41.8 Å². The van der Waals surface area contributed by atoms with Crippen molar-refractivity contribution in [1.29, 1.82) is 0 Å². The molecule has 0 aromatic heterocycles. The molecule has 3 aliphatic rings. The highest BCUT2D eigenvalue weighted by atomic mass is 32.2. The van der Waals surface area contributed by atoms with Crippen molar-refractivity contribution in [1.82, 2.24) is 0 Å². The molecule has 3 aliphatic heterocycles. The summed E-state index contributed by atoms with van der Waals surface area (Å²) in [5, 5.41) is 0. The van der Waals surface area contributed by atoms with Crippen LogP contribution in [0.5, 0.6) is 0 Å². The zero-order valence-electron chi connectivity index (χ0n) is 14.8. The first-order valence-corrected chi connectivity index (χ1v) is 10.5. The lowest BCUT2D eigenvalue weighted by Crippen LogP contribution is -3.15. The maximum Gasteiger partial charge on any atom is 0.244 e. The largest absolute Gasteiger partial charge is 0.316 e. The number of thioether (sulfide) groups is 1. The quantitative estimate of drug-likeness (QED) is 0.830. The van der Waals surface area contributed by atoms with E-state index in [0.29, 0.717) is 5.69 Å². The molecule has 4 nitrogen and oxygen atoms in total. The Kier molecular flexibility index (Phi) is 4.14. The van der Waals surface area contributed by atoms with E-state index in [9.17, 15) is 9.59 Å². The van der Waals surface area contributed by atoms with Gasteiger partial charge in [0.2, 0.25) is 11.8 Å². The number of para-hydroxylation sites is 1. The molecule has 0 radical (unpaired) electrons. The molecule has 0 saturated carbocycles. The van der Waals surface area contributed by atoms with Gasteiger partial charge in [-0.2, -0.15) is 0 Å². The number of amides is 2. The average molecular weight is 377 g/mol. The Morgan fingerprint density at radius 1 is 0.926 bits per heavy atom. The van der Waals surface area contributed by atoms with Gasteiger partial charge in [-0.15, -0.1) is 0 Å². The third-order valence-electron chi connectivity index (χ3n) is 6.00. The number of fused-ring (bicyclic) bond motifs is 3. The van der Waals surface area contributed by atoms with Gasteiger partial charge >= 0.3 is 0 Å². The van der Waals surface area contributed by atoms with Gasteiger partial charge in [-0.1, -0.05) is 66.4 Å². The first-order chi connectivity index (χ1) is 13.3. The predicted molar refractivity (Wildman–Crippen MR) is 107 cm³/mol. The lowest BCUT2D eigenvalue weighted by atomic mass is 9.89. The molecule has 3 fully saturated rings. The molecule has 1 N–H and O–H groups in total. The fraction of sp³-hybridized carbons (Fsp3) is 0.273. The minimum atomic E-state index is -0.251. The molecule has 5 atom stereocenters. The van der Waals surface area contributed by atoms with Crippen molar-refractivity contribution in [2.24, 2.45) is 11.8 Å². The number of carbonyl (C=O) groups excluding carboxylic acids is 2. The Balaban J connectivity index is 1.51. The molecule has 136 valence electrons. The van der Waals surface area contributed by atoms with E-state index in [1.165, 1.54) is 9.80 Å². The van der Waals surface area contributed by atoms with Crippen LogP contribution in [0, 0.1) is 11.8 Å². The van der Waals surface area contributed by atoms with E-state index in [4.69, 9.17) is 0 Å². The van der Waals surface area contributed by atoms with Gasteiger partial charge in [-0.3, -0.25) is 9.59 Å². The molecule has 5 rings (SSSR count). The van der Waals surface area contributed by atoms with Crippen molar-refractivity contribution in [2.75, 3.05) is 16.5 Å². The Morgan fingerprint density at radius 2 is 1.59 bits per heavy atom. The minimum absolute atomic E-state index is 0.0168. The molecule has 3 heterocycles. The van der Waals surface area contributed by atoms with Gasteiger partial charge in [0.05, 0.1) is 11.4 Å². The molecule has 1 unspecified atom stereocenters. The number of rotatable bonds is 3. The number of anilines is 1. The van der Waals surface area contributed by atoms with Gasteiger partial charge in [0.15, 0.2) is 0 Å². The molecular weight excluding hydrogens is 356 g/mol. The molecule has 2 aromatic rings. The molecule has 0 spiro atoms. The Morgan fingerprint density at radius 3 is 2.33 bits per heavy atom. The van der Waals surface area contributed by atoms with E-state index in [-0.39, 0.29) is 35.7 Å². The third kappa shape index (κ3) is 2.65. The summed E-state index contributed by atoms with van der Waals surface area (Å²) in [4.78, 5) is 29.3. The lowest BCUT2D eigenvalue weighted by molar-refractivity contribution is -0.912. The van der Waals surface area contributed by atoms with Crippen molar-refractivity contribution in [2.45, 2.75) is 12.1 Å². The summed E-state index contributed by atoms with van der Waals surface area (Å²) in [5.74, 6) is 1.41. The Hall–Kier alpha value is -2.37. The molecule has 5 heteroatoms. The second-order valence-corrected chi connectivity index (χ2v) is 8.42. The van der Waals surface area contributed by atoms with Crippen LogP contribution in [0.3, 0.4) is 0 Å². The number of imide groups is 1. The maximum atomic E-state index is 13.3. The molecule has 2 amide bonds. The zero-order chi connectivity index (χ0) is 18.4. The first-order valence-electron chi connectivity index (χ1n) is 9.35. The summed E-state index contributed by atoms with van der Waals surface area (Å²) >= 11 is 1.89. The van der Waals surface area contributed by atoms with Crippen LogP contribution in [0.1, 0.15) is 5.56 Å². The van der Waals surface area contributed by atoms with Gasteiger partial charge in [0, 0.05) is 0 Å². The van der Waals surface area contributed by atoms with E-state index in [2.05, 4.69) is 24.3 Å². The first kappa shape index (κ1) is 16.8. The maximum absolute atomic E-state index is 13.3. The highest BCUT2D eigenvalue weighted by Crippen LogP contribution is 2.40. The van der Waals surface area contributed by atoms with Crippen molar-refractivity contribution in [3.05, 3.63) is 72.3 Å². The Bertz CT molecular complexity index is 899. The van der Waals surface area contributed by atoms with Crippen LogP contribution in [-0.4, -0.2) is 35.5 Å². The van der Waals surface area contributed by atoms with Crippen molar-refractivity contribution in [3.63, 3.8) is 0 Å². The summed E-state index contributed by atoms with van der Waals surface area (Å²) in [6.45, 7) is 0. The molecule has 0 bridgehead atoms. The van der Waals surface area contributed by atoms with Crippen molar-refractivity contribution < 1.29 is 14.5 Å². The molecule has 3 saturated heterocycles.